The summed E-state index contributed by atoms with van der Waals surface area (Å²) >= 11 is 0. The van der Waals surface area contributed by atoms with Crippen molar-refractivity contribution >= 4 is 51.7 Å². The van der Waals surface area contributed by atoms with Gasteiger partial charge in [-0.1, -0.05) is 121 Å². The normalized spacial score (nSPS) is 11.2. The molecule has 0 unspecified atom stereocenters. The summed E-state index contributed by atoms with van der Waals surface area (Å²) in [5.41, 5.74) is 2.50. The number of fused-ring (bicyclic) bond motifs is 2. The highest BCUT2D eigenvalue weighted by atomic mass is 31.1. The quantitative estimate of drug-likeness (QED) is 0.119. The van der Waals surface area contributed by atoms with E-state index in [2.05, 4.69) is 103 Å². The van der Waals surface area contributed by atoms with Crippen LogP contribution in [0.15, 0.2) is 127 Å². The maximum atomic E-state index is 12.4. The lowest BCUT2D eigenvalue weighted by Gasteiger charge is -2.26. The van der Waals surface area contributed by atoms with Gasteiger partial charge in [0.1, 0.15) is 5.75 Å². The minimum Gasteiger partial charge on any atom is -0.466 e. The lowest BCUT2D eigenvalue weighted by Crippen LogP contribution is -2.22. The van der Waals surface area contributed by atoms with E-state index in [0.717, 1.165) is 39.0 Å². The lowest BCUT2D eigenvalue weighted by atomic mass is 9.91. The fraction of sp³-hybridized carbons (Fsp3) is 0.0571. The highest BCUT2D eigenvalue weighted by Crippen LogP contribution is 2.46. The Morgan fingerprint density at radius 1 is 0.641 bits per heavy atom. The topological polar surface area (TPSA) is 35.5 Å². The fourth-order valence-corrected chi connectivity index (χ4v) is 7.72. The van der Waals surface area contributed by atoms with Gasteiger partial charge in [0.05, 0.1) is 5.56 Å². The minimum absolute atomic E-state index is 0.0401. The first-order chi connectivity index (χ1) is 19.3. The number of methoxy groups -OCH3 is 1. The van der Waals surface area contributed by atoms with Gasteiger partial charge in [0, 0.05) is 18.2 Å². The summed E-state index contributed by atoms with van der Waals surface area (Å²) in [6, 6.07) is 44.3. The van der Waals surface area contributed by atoms with Crippen LogP contribution in [0, 0.1) is 0 Å². The summed E-state index contributed by atoms with van der Waals surface area (Å²) in [5, 5.41) is 7.98. The van der Waals surface area contributed by atoms with Crippen LogP contribution in [0.5, 0.6) is 5.75 Å². The smallest absolute Gasteiger partial charge is 0.188 e. The van der Waals surface area contributed by atoms with Gasteiger partial charge in [0.2, 0.25) is 0 Å². The second-order valence-corrected chi connectivity index (χ2v) is 11.4. The number of hydrogen-bond donors (Lipinski definition) is 0. The van der Waals surface area contributed by atoms with Crippen molar-refractivity contribution < 1.29 is 14.3 Å². The molecule has 6 aromatic carbocycles. The van der Waals surface area contributed by atoms with Crippen LogP contribution < -0.4 is 20.7 Å². The van der Waals surface area contributed by atoms with E-state index in [4.69, 9.17) is 9.47 Å². The third-order valence-corrected chi connectivity index (χ3v) is 9.39. The van der Waals surface area contributed by atoms with E-state index in [9.17, 15) is 4.79 Å². The Balaban J connectivity index is 1.79. The molecule has 0 aliphatic carbocycles. The molecule has 0 aliphatic rings. The first kappa shape index (κ1) is 25.0. The molecule has 3 nitrogen and oxygen atoms in total. The van der Waals surface area contributed by atoms with Crippen LogP contribution in [0.4, 0.5) is 0 Å². The Kier molecular flexibility index (Phi) is 7.19. The van der Waals surface area contributed by atoms with Gasteiger partial charge in [-0.25, -0.2) is 0 Å². The van der Waals surface area contributed by atoms with Gasteiger partial charge in [0.25, 0.3) is 0 Å². The fourth-order valence-electron chi connectivity index (χ4n) is 5.25. The number of carbonyl (C=O) groups is 1. The zero-order chi connectivity index (χ0) is 26.6. The molecule has 6 aromatic rings. The van der Waals surface area contributed by atoms with E-state index in [1.807, 2.05) is 24.3 Å². The predicted molar refractivity (Wildman–Crippen MR) is 163 cm³/mol. The number of rotatable bonds is 8. The summed E-state index contributed by atoms with van der Waals surface area (Å²) in [7, 11) is 0.659. The molecule has 190 valence electrons. The van der Waals surface area contributed by atoms with Crippen molar-refractivity contribution in [1.29, 1.82) is 0 Å². The molecule has 0 amide bonds. The first-order valence-corrected chi connectivity index (χ1v) is 14.2. The number of hydrogen-bond acceptors (Lipinski definition) is 3. The summed E-state index contributed by atoms with van der Waals surface area (Å²) < 4.78 is 11.5. The van der Waals surface area contributed by atoms with Crippen molar-refractivity contribution in [3.05, 3.63) is 133 Å². The largest absolute Gasteiger partial charge is 0.466 e. The third kappa shape index (κ3) is 4.72. The molecule has 6 rings (SSSR count). The molecule has 0 radical (unpaired) electrons. The Bertz CT molecular complexity index is 1720. The van der Waals surface area contributed by atoms with Crippen LogP contribution in [0.2, 0.25) is 0 Å². The van der Waals surface area contributed by atoms with Crippen molar-refractivity contribution in [3.8, 4) is 16.9 Å². The maximum Gasteiger partial charge on any atom is 0.188 e. The average Bonchev–Trinajstić information content (AvgIpc) is 3.00. The number of carbonyl (C=O) groups excluding carboxylic acids is 1. The molecule has 0 aliphatic heterocycles. The van der Waals surface area contributed by atoms with Gasteiger partial charge in [-0.3, -0.25) is 4.79 Å². The number of benzene rings is 6. The Hall–Kier alpha value is -4.30. The van der Waals surface area contributed by atoms with Crippen molar-refractivity contribution in [2.24, 2.45) is 0 Å². The Morgan fingerprint density at radius 3 is 1.82 bits per heavy atom. The second-order valence-electron chi connectivity index (χ2n) is 9.25. The molecule has 0 N–H and O–H groups in total. The first-order valence-electron chi connectivity index (χ1n) is 12.8. The van der Waals surface area contributed by atoms with Crippen LogP contribution in [-0.2, 0) is 4.74 Å². The molecule has 0 heterocycles. The van der Waals surface area contributed by atoms with E-state index >= 15 is 0 Å². The van der Waals surface area contributed by atoms with Gasteiger partial charge < -0.3 is 9.47 Å². The van der Waals surface area contributed by atoms with Gasteiger partial charge in [-0.2, -0.15) is 0 Å². The summed E-state index contributed by atoms with van der Waals surface area (Å²) in [4.78, 5) is 12.4. The third-order valence-electron chi connectivity index (χ3n) is 6.91. The molecular formula is C35H27O3P. The van der Waals surface area contributed by atoms with Crippen molar-refractivity contribution in [3.63, 3.8) is 0 Å². The van der Waals surface area contributed by atoms with E-state index in [1.54, 1.807) is 7.11 Å². The van der Waals surface area contributed by atoms with Crippen LogP contribution in [0.3, 0.4) is 0 Å². The molecule has 0 bridgehead atoms. The van der Waals surface area contributed by atoms with Crippen molar-refractivity contribution in [2.45, 2.75) is 0 Å². The highest BCUT2D eigenvalue weighted by molar-refractivity contribution is 7.80. The molecule has 4 heteroatoms. The zero-order valence-corrected chi connectivity index (χ0v) is 22.5. The number of aldehydes is 1. The van der Waals surface area contributed by atoms with Crippen molar-refractivity contribution in [1.82, 2.24) is 0 Å². The second kappa shape index (κ2) is 11.2. The van der Waals surface area contributed by atoms with Crippen molar-refractivity contribution in [2.75, 3.05) is 13.9 Å². The Morgan fingerprint density at radius 2 is 1.21 bits per heavy atom. The van der Waals surface area contributed by atoms with E-state index < -0.39 is 7.92 Å². The van der Waals surface area contributed by atoms with Gasteiger partial charge in [0.15, 0.2) is 13.1 Å². The molecule has 0 fully saturated rings. The zero-order valence-electron chi connectivity index (χ0n) is 21.6. The molecule has 39 heavy (non-hydrogen) atoms. The summed E-state index contributed by atoms with van der Waals surface area (Å²) in [6.07, 6.45) is 0.878. The lowest BCUT2D eigenvalue weighted by molar-refractivity contribution is 0.0510. The van der Waals surface area contributed by atoms with Crippen LogP contribution in [0.25, 0.3) is 32.7 Å². The van der Waals surface area contributed by atoms with E-state index in [0.29, 0.717) is 11.3 Å². The standard InChI is InChI=1S/C35H27O3P/c1-37-24-38-35-27(23-36)22-26-13-9-11-19-31(26)34(35)33-30-18-10-8-12-25(30)20-21-32(33)39(28-14-4-2-5-15-28)29-16-6-3-7-17-29/h2-23H,24H2,1H3. The average molecular weight is 527 g/mol. The minimum atomic E-state index is -0.933. The van der Waals surface area contributed by atoms with Gasteiger partial charge >= 0.3 is 0 Å². The molecule has 0 spiro atoms. The summed E-state index contributed by atoms with van der Waals surface area (Å²) in [6.45, 7) is 0.0401. The maximum absolute atomic E-state index is 12.4. The van der Waals surface area contributed by atoms with Gasteiger partial charge in [-0.15, -0.1) is 0 Å². The number of ether oxygens (including phenoxy) is 2. The van der Waals surface area contributed by atoms with E-state index in [-0.39, 0.29) is 6.79 Å². The molecule has 0 atom stereocenters. The van der Waals surface area contributed by atoms with E-state index in [1.165, 1.54) is 15.9 Å². The van der Waals surface area contributed by atoms with Crippen LogP contribution >= 0.6 is 7.92 Å². The highest BCUT2D eigenvalue weighted by Gasteiger charge is 2.26. The van der Waals surface area contributed by atoms with Crippen LogP contribution in [0.1, 0.15) is 10.4 Å². The van der Waals surface area contributed by atoms with Gasteiger partial charge in [-0.05, 0) is 51.4 Å². The predicted octanol–water partition coefficient (Wildman–Crippen LogP) is 7.21. The Labute approximate surface area is 229 Å². The molecule has 0 saturated carbocycles. The SMILES string of the molecule is COCOc1c(C=O)cc2ccccc2c1-c1c(P(c2ccccc2)c2ccccc2)ccc2ccccc12. The molecular weight excluding hydrogens is 499 g/mol. The molecule has 0 aromatic heterocycles. The van der Waals surface area contributed by atoms with Crippen LogP contribution in [-0.4, -0.2) is 20.2 Å². The monoisotopic (exact) mass is 526 g/mol. The molecule has 0 saturated heterocycles. The summed E-state index contributed by atoms with van der Waals surface area (Å²) in [5.74, 6) is 0.541.